The van der Waals surface area contributed by atoms with E-state index in [1.54, 1.807) is 17.4 Å². The smallest absolute Gasteiger partial charge is 0.123 e. The summed E-state index contributed by atoms with van der Waals surface area (Å²) in [4.78, 5) is 5.31. The van der Waals surface area contributed by atoms with Crippen molar-refractivity contribution in [3.63, 3.8) is 0 Å². The van der Waals surface area contributed by atoms with Gasteiger partial charge in [0.25, 0.3) is 0 Å². The van der Waals surface area contributed by atoms with E-state index < -0.39 is 0 Å². The SMILES string of the molecule is CCNC(Cc1cc(F)ccc1C)c1cncs1. The Bertz CT molecular complexity index is 497. The molecular formula is C14H17FN2S. The molecule has 0 aliphatic rings. The standard InChI is InChI=1S/C14H17FN2S/c1-3-17-13(14-8-16-9-18-14)7-11-6-12(15)5-4-10(11)2/h4-6,8-9,13,17H,3,7H2,1-2H3. The predicted molar refractivity (Wildman–Crippen MR) is 73.4 cm³/mol. The van der Waals surface area contributed by atoms with Gasteiger partial charge in [0, 0.05) is 17.1 Å². The lowest BCUT2D eigenvalue weighted by atomic mass is 10.0. The van der Waals surface area contributed by atoms with E-state index in [0.717, 1.165) is 24.1 Å². The Hall–Kier alpha value is -1.26. The average molecular weight is 264 g/mol. The summed E-state index contributed by atoms with van der Waals surface area (Å²) >= 11 is 1.63. The summed E-state index contributed by atoms with van der Waals surface area (Å²) in [5, 5.41) is 3.43. The first-order valence-corrected chi connectivity index (χ1v) is 6.95. The van der Waals surface area contributed by atoms with Crippen molar-refractivity contribution in [3.05, 3.63) is 51.7 Å². The van der Waals surface area contributed by atoms with Gasteiger partial charge < -0.3 is 5.32 Å². The van der Waals surface area contributed by atoms with E-state index in [9.17, 15) is 4.39 Å². The molecule has 1 heterocycles. The summed E-state index contributed by atoms with van der Waals surface area (Å²) in [6.07, 6.45) is 2.67. The average Bonchev–Trinajstić information content (AvgIpc) is 2.87. The molecule has 1 aromatic carbocycles. The molecule has 1 aromatic heterocycles. The molecule has 0 radical (unpaired) electrons. The molecule has 4 heteroatoms. The van der Waals surface area contributed by atoms with Crippen LogP contribution in [0.3, 0.4) is 0 Å². The highest BCUT2D eigenvalue weighted by atomic mass is 32.1. The van der Waals surface area contributed by atoms with Crippen LogP contribution < -0.4 is 5.32 Å². The molecule has 0 spiro atoms. The first-order chi connectivity index (χ1) is 8.70. The largest absolute Gasteiger partial charge is 0.309 e. The number of benzene rings is 1. The number of thiazole rings is 1. The first-order valence-electron chi connectivity index (χ1n) is 6.07. The van der Waals surface area contributed by atoms with E-state index in [2.05, 4.69) is 17.2 Å². The van der Waals surface area contributed by atoms with Crippen molar-refractivity contribution in [1.82, 2.24) is 10.3 Å². The summed E-state index contributed by atoms with van der Waals surface area (Å²) < 4.78 is 13.3. The Morgan fingerprint density at radius 1 is 1.44 bits per heavy atom. The lowest BCUT2D eigenvalue weighted by molar-refractivity contribution is 0.552. The van der Waals surface area contributed by atoms with Crippen molar-refractivity contribution in [2.24, 2.45) is 0 Å². The van der Waals surface area contributed by atoms with E-state index in [4.69, 9.17) is 0 Å². The number of hydrogen-bond donors (Lipinski definition) is 1. The molecule has 0 aliphatic heterocycles. The maximum absolute atomic E-state index is 13.3. The molecule has 18 heavy (non-hydrogen) atoms. The fraction of sp³-hybridized carbons (Fsp3) is 0.357. The van der Waals surface area contributed by atoms with Gasteiger partial charge in [-0.15, -0.1) is 11.3 Å². The molecule has 1 atom stereocenters. The number of nitrogens with zero attached hydrogens (tertiary/aromatic N) is 1. The van der Waals surface area contributed by atoms with E-state index >= 15 is 0 Å². The maximum atomic E-state index is 13.3. The lowest BCUT2D eigenvalue weighted by Gasteiger charge is -2.17. The molecule has 1 unspecified atom stereocenters. The minimum atomic E-state index is -0.171. The molecule has 0 aliphatic carbocycles. The van der Waals surface area contributed by atoms with Crippen LogP contribution in [0.1, 0.15) is 29.0 Å². The topological polar surface area (TPSA) is 24.9 Å². The number of hydrogen-bond acceptors (Lipinski definition) is 3. The predicted octanol–water partition coefficient (Wildman–Crippen LogP) is 3.48. The normalized spacial score (nSPS) is 12.6. The van der Waals surface area contributed by atoms with Crippen LogP contribution in [0.2, 0.25) is 0 Å². The van der Waals surface area contributed by atoms with Gasteiger partial charge in [-0.05, 0) is 43.1 Å². The van der Waals surface area contributed by atoms with Crippen molar-refractivity contribution in [3.8, 4) is 0 Å². The first kappa shape index (κ1) is 13.2. The summed E-state index contributed by atoms with van der Waals surface area (Å²) in [6, 6.07) is 5.18. The van der Waals surface area contributed by atoms with Crippen LogP contribution in [0.4, 0.5) is 4.39 Å². The van der Waals surface area contributed by atoms with E-state index in [1.165, 1.54) is 10.9 Å². The van der Waals surface area contributed by atoms with Crippen LogP contribution >= 0.6 is 11.3 Å². The van der Waals surface area contributed by atoms with E-state index in [0.29, 0.717) is 0 Å². The quantitative estimate of drug-likeness (QED) is 0.894. The van der Waals surface area contributed by atoms with Gasteiger partial charge in [-0.1, -0.05) is 13.0 Å². The van der Waals surface area contributed by atoms with Crippen LogP contribution in [0.25, 0.3) is 0 Å². The second kappa shape index (κ2) is 6.07. The zero-order chi connectivity index (χ0) is 13.0. The van der Waals surface area contributed by atoms with Gasteiger partial charge in [-0.3, -0.25) is 4.98 Å². The summed E-state index contributed by atoms with van der Waals surface area (Å²) in [6.45, 7) is 4.98. The van der Waals surface area contributed by atoms with Gasteiger partial charge in [-0.2, -0.15) is 0 Å². The minimum absolute atomic E-state index is 0.171. The van der Waals surface area contributed by atoms with Crippen LogP contribution in [0.5, 0.6) is 0 Å². The second-order valence-electron chi connectivity index (χ2n) is 4.29. The van der Waals surface area contributed by atoms with Crippen LogP contribution in [-0.2, 0) is 6.42 Å². The van der Waals surface area contributed by atoms with E-state index in [-0.39, 0.29) is 11.9 Å². The fourth-order valence-corrected chi connectivity index (χ4v) is 2.69. The molecule has 0 amide bonds. The molecular weight excluding hydrogens is 247 g/mol. The number of aryl methyl sites for hydroxylation is 1. The number of likely N-dealkylation sites (N-methyl/N-ethyl adjacent to an activating group) is 1. The van der Waals surface area contributed by atoms with Gasteiger partial charge in [0.2, 0.25) is 0 Å². The molecule has 2 nitrogen and oxygen atoms in total. The van der Waals surface area contributed by atoms with Crippen molar-refractivity contribution in [1.29, 1.82) is 0 Å². The Morgan fingerprint density at radius 2 is 2.28 bits per heavy atom. The Labute approximate surface area is 111 Å². The molecule has 2 aromatic rings. The molecule has 1 N–H and O–H groups in total. The van der Waals surface area contributed by atoms with Crippen LogP contribution in [0, 0.1) is 12.7 Å². The van der Waals surface area contributed by atoms with Crippen LogP contribution in [0.15, 0.2) is 29.9 Å². The highest BCUT2D eigenvalue weighted by Gasteiger charge is 2.14. The molecule has 2 rings (SSSR count). The summed E-state index contributed by atoms with van der Waals surface area (Å²) in [7, 11) is 0. The third kappa shape index (κ3) is 3.15. The van der Waals surface area contributed by atoms with E-state index in [1.807, 2.05) is 24.7 Å². The highest BCUT2D eigenvalue weighted by Crippen LogP contribution is 2.23. The number of rotatable bonds is 5. The van der Waals surface area contributed by atoms with Gasteiger partial charge in [0.05, 0.1) is 5.51 Å². The van der Waals surface area contributed by atoms with Crippen molar-refractivity contribution >= 4 is 11.3 Å². The van der Waals surface area contributed by atoms with Crippen LogP contribution in [-0.4, -0.2) is 11.5 Å². The zero-order valence-corrected chi connectivity index (χ0v) is 11.4. The third-order valence-electron chi connectivity index (χ3n) is 2.98. The number of nitrogens with one attached hydrogen (secondary N) is 1. The Balaban J connectivity index is 2.21. The molecule has 0 bridgehead atoms. The second-order valence-corrected chi connectivity index (χ2v) is 5.21. The summed E-state index contributed by atoms with van der Waals surface area (Å²) in [5.41, 5.74) is 4.01. The highest BCUT2D eigenvalue weighted by molar-refractivity contribution is 7.09. The Kier molecular flexibility index (Phi) is 4.44. The molecule has 0 fully saturated rings. The van der Waals surface area contributed by atoms with Crippen molar-refractivity contribution < 1.29 is 4.39 Å². The van der Waals surface area contributed by atoms with Gasteiger partial charge >= 0.3 is 0 Å². The maximum Gasteiger partial charge on any atom is 0.123 e. The van der Waals surface area contributed by atoms with Gasteiger partial charge in [-0.25, -0.2) is 4.39 Å². The Morgan fingerprint density at radius 3 is 2.94 bits per heavy atom. The number of aromatic nitrogens is 1. The van der Waals surface area contributed by atoms with Crippen molar-refractivity contribution in [2.75, 3.05) is 6.54 Å². The third-order valence-corrected chi connectivity index (χ3v) is 3.87. The lowest BCUT2D eigenvalue weighted by Crippen LogP contribution is -2.22. The molecule has 0 saturated heterocycles. The number of halogens is 1. The molecule has 96 valence electrons. The van der Waals surface area contributed by atoms with Gasteiger partial charge in [0.1, 0.15) is 5.82 Å². The fourth-order valence-electron chi connectivity index (χ4n) is 2.00. The monoisotopic (exact) mass is 264 g/mol. The zero-order valence-electron chi connectivity index (χ0n) is 10.6. The molecule has 0 saturated carbocycles. The van der Waals surface area contributed by atoms with Gasteiger partial charge in [0.15, 0.2) is 0 Å². The van der Waals surface area contributed by atoms with Crippen molar-refractivity contribution in [2.45, 2.75) is 26.3 Å². The minimum Gasteiger partial charge on any atom is -0.309 e. The summed E-state index contributed by atoms with van der Waals surface area (Å²) in [5.74, 6) is -0.171.